The van der Waals surface area contributed by atoms with Gasteiger partial charge in [0.15, 0.2) is 0 Å². The Hall–Kier alpha value is -0.520. The molecule has 62 valence electrons. The lowest BCUT2D eigenvalue weighted by molar-refractivity contribution is 0.477. The van der Waals surface area contributed by atoms with E-state index in [0.29, 0.717) is 6.04 Å². The molecule has 0 aliphatic heterocycles. The molecule has 1 aliphatic rings. The van der Waals surface area contributed by atoms with Crippen molar-refractivity contribution in [3.63, 3.8) is 0 Å². The van der Waals surface area contributed by atoms with Gasteiger partial charge < -0.3 is 11.1 Å². The second-order valence-electron chi connectivity index (χ2n) is 3.09. The molecule has 1 saturated carbocycles. The average molecular weight is 152 g/mol. The zero-order valence-electron chi connectivity index (χ0n) is 6.84. The molecule has 1 aliphatic carbocycles. The minimum atomic E-state index is 0.517. The molecular weight excluding hydrogens is 136 g/mol. The maximum Gasteiger partial charge on any atom is 0.0218 e. The van der Waals surface area contributed by atoms with Crippen molar-refractivity contribution < 1.29 is 0 Å². The molecule has 11 heavy (non-hydrogen) atoms. The molecule has 0 bridgehead atoms. The third kappa shape index (κ3) is 2.92. The summed E-state index contributed by atoms with van der Waals surface area (Å²) in [7, 11) is 0. The minimum Gasteiger partial charge on any atom is -0.329 e. The molecule has 1 unspecified atom stereocenters. The standard InChI is InChI=1S/C9H16N2/c1-2-3-6-11-9(7-10)8-4-5-8/h1,8-9,11H,3-7,10H2. The summed E-state index contributed by atoms with van der Waals surface area (Å²) in [6.07, 6.45) is 8.61. The molecular formula is C9H16N2. The Morgan fingerprint density at radius 3 is 2.82 bits per heavy atom. The summed E-state index contributed by atoms with van der Waals surface area (Å²) in [6.45, 7) is 1.66. The van der Waals surface area contributed by atoms with Crippen LogP contribution in [-0.4, -0.2) is 19.1 Å². The van der Waals surface area contributed by atoms with E-state index in [1.807, 2.05) is 0 Å². The Bertz CT molecular complexity index is 144. The predicted molar refractivity (Wildman–Crippen MR) is 47.0 cm³/mol. The van der Waals surface area contributed by atoms with Crippen LogP contribution in [0.1, 0.15) is 19.3 Å². The van der Waals surface area contributed by atoms with E-state index in [1.165, 1.54) is 12.8 Å². The second kappa shape index (κ2) is 4.38. The first-order chi connectivity index (χ1) is 5.38. The predicted octanol–water partition coefficient (Wildman–Crippen LogP) is 0.337. The lowest BCUT2D eigenvalue weighted by Gasteiger charge is -2.14. The van der Waals surface area contributed by atoms with Crippen LogP contribution in [0.25, 0.3) is 0 Å². The SMILES string of the molecule is C#CCCNC(CN)C1CC1. The van der Waals surface area contributed by atoms with Crippen LogP contribution in [-0.2, 0) is 0 Å². The van der Waals surface area contributed by atoms with Crippen LogP contribution in [0.3, 0.4) is 0 Å². The Morgan fingerprint density at radius 2 is 2.36 bits per heavy atom. The van der Waals surface area contributed by atoms with Gasteiger partial charge in [0.1, 0.15) is 0 Å². The lowest BCUT2D eigenvalue weighted by Crippen LogP contribution is -2.38. The van der Waals surface area contributed by atoms with Gasteiger partial charge in [-0.25, -0.2) is 0 Å². The highest BCUT2D eigenvalue weighted by molar-refractivity contribution is 4.89. The van der Waals surface area contributed by atoms with Gasteiger partial charge in [0.2, 0.25) is 0 Å². The highest BCUT2D eigenvalue weighted by Gasteiger charge is 2.29. The Kier molecular flexibility index (Phi) is 3.41. The fourth-order valence-corrected chi connectivity index (χ4v) is 1.27. The third-order valence-corrected chi connectivity index (χ3v) is 2.12. The molecule has 0 spiro atoms. The highest BCUT2D eigenvalue weighted by Crippen LogP contribution is 2.31. The van der Waals surface area contributed by atoms with Crippen molar-refractivity contribution in [2.75, 3.05) is 13.1 Å². The molecule has 0 radical (unpaired) electrons. The van der Waals surface area contributed by atoms with E-state index in [0.717, 1.165) is 25.4 Å². The van der Waals surface area contributed by atoms with Crippen molar-refractivity contribution in [2.24, 2.45) is 11.7 Å². The molecule has 0 aromatic carbocycles. The van der Waals surface area contributed by atoms with E-state index in [4.69, 9.17) is 12.2 Å². The molecule has 1 rings (SSSR count). The van der Waals surface area contributed by atoms with Gasteiger partial charge in [-0.05, 0) is 18.8 Å². The first-order valence-electron chi connectivity index (χ1n) is 4.25. The summed E-state index contributed by atoms with van der Waals surface area (Å²) in [5.41, 5.74) is 5.58. The van der Waals surface area contributed by atoms with E-state index < -0.39 is 0 Å². The molecule has 0 aromatic rings. The van der Waals surface area contributed by atoms with Gasteiger partial charge in [-0.1, -0.05) is 0 Å². The van der Waals surface area contributed by atoms with Crippen LogP contribution in [0.15, 0.2) is 0 Å². The lowest BCUT2D eigenvalue weighted by atomic mass is 10.2. The monoisotopic (exact) mass is 152 g/mol. The molecule has 0 amide bonds. The molecule has 0 heterocycles. The fourth-order valence-electron chi connectivity index (χ4n) is 1.27. The van der Waals surface area contributed by atoms with Crippen molar-refractivity contribution in [1.29, 1.82) is 0 Å². The quantitative estimate of drug-likeness (QED) is 0.440. The fraction of sp³-hybridized carbons (Fsp3) is 0.778. The largest absolute Gasteiger partial charge is 0.329 e. The van der Waals surface area contributed by atoms with Crippen LogP contribution in [0, 0.1) is 18.3 Å². The summed E-state index contributed by atoms with van der Waals surface area (Å²) >= 11 is 0. The summed E-state index contributed by atoms with van der Waals surface area (Å²) < 4.78 is 0. The number of hydrogen-bond donors (Lipinski definition) is 2. The first kappa shape index (κ1) is 8.58. The molecule has 0 aromatic heterocycles. The van der Waals surface area contributed by atoms with Gasteiger partial charge in [0.05, 0.1) is 0 Å². The molecule has 3 N–H and O–H groups in total. The molecule has 0 saturated heterocycles. The highest BCUT2D eigenvalue weighted by atomic mass is 14.9. The van der Waals surface area contributed by atoms with Crippen LogP contribution in [0.4, 0.5) is 0 Å². The number of nitrogens with two attached hydrogens (primary N) is 1. The van der Waals surface area contributed by atoms with Crippen molar-refractivity contribution in [1.82, 2.24) is 5.32 Å². The summed E-state index contributed by atoms with van der Waals surface area (Å²) in [4.78, 5) is 0. The zero-order chi connectivity index (χ0) is 8.10. The van der Waals surface area contributed by atoms with Gasteiger partial charge in [0, 0.05) is 25.6 Å². The van der Waals surface area contributed by atoms with E-state index in [1.54, 1.807) is 0 Å². The van der Waals surface area contributed by atoms with Crippen molar-refractivity contribution in [2.45, 2.75) is 25.3 Å². The maximum atomic E-state index is 5.58. The third-order valence-electron chi connectivity index (χ3n) is 2.12. The Labute approximate surface area is 68.5 Å². The Morgan fingerprint density at radius 1 is 1.64 bits per heavy atom. The first-order valence-corrected chi connectivity index (χ1v) is 4.25. The van der Waals surface area contributed by atoms with Crippen molar-refractivity contribution in [3.8, 4) is 12.3 Å². The zero-order valence-corrected chi connectivity index (χ0v) is 6.84. The van der Waals surface area contributed by atoms with Crippen LogP contribution >= 0.6 is 0 Å². The molecule has 1 fully saturated rings. The summed E-state index contributed by atoms with van der Waals surface area (Å²) in [5, 5.41) is 3.36. The van der Waals surface area contributed by atoms with E-state index in [9.17, 15) is 0 Å². The Balaban J connectivity index is 2.06. The van der Waals surface area contributed by atoms with Crippen molar-refractivity contribution >= 4 is 0 Å². The average Bonchev–Trinajstić information content (AvgIpc) is 2.81. The number of hydrogen-bond acceptors (Lipinski definition) is 2. The molecule has 2 nitrogen and oxygen atoms in total. The van der Waals surface area contributed by atoms with Crippen LogP contribution in [0.2, 0.25) is 0 Å². The normalized spacial score (nSPS) is 19.3. The van der Waals surface area contributed by atoms with Gasteiger partial charge in [-0.15, -0.1) is 12.3 Å². The maximum absolute atomic E-state index is 5.58. The number of rotatable bonds is 5. The van der Waals surface area contributed by atoms with Crippen molar-refractivity contribution in [3.05, 3.63) is 0 Å². The van der Waals surface area contributed by atoms with Crippen LogP contribution in [0.5, 0.6) is 0 Å². The number of terminal acetylenes is 1. The van der Waals surface area contributed by atoms with Gasteiger partial charge in [-0.2, -0.15) is 0 Å². The summed E-state index contributed by atoms with van der Waals surface area (Å²) in [6, 6.07) is 0.517. The van der Waals surface area contributed by atoms with Gasteiger partial charge >= 0.3 is 0 Å². The van der Waals surface area contributed by atoms with Gasteiger partial charge in [-0.3, -0.25) is 0 Å². The smallest absolute Gasteiger partial charge is 0.0218 e. The minimum absolute atomic E-state index is 0.517. The van der Waals surface area contributed by atoms with E-state index >= 15 is 0 Å². The molecule has 2 heteroatoms. The number of nitrogens with one attached hydrogen (secondary N) is 1. The van der Waals surface area contributed by atoms with E-state index in [2.05, 4.69) is 11.2 Å². The van der Waals surface area contributed by atoms with Crippen LogP contribution < -0.4 is 11.1 Å². The topological polar surface area (TPSA) is 38.0 Å². The second-order valence-corrected chi connectivity index (χ2v) is 3.09. The van der Waals surface area contributed by atoms with E-state index in [-0.39, 0.29) is 0 Å². The van der Waals surface area contributed by atoms with Gasteiger partial charge in [0.25, 0.3) is 0 Å². The molecule has 1 atom stereocenters. The summed E-state index contributed by atoms with van der Waals surface area (Å²) in [5.74, 6) is 3.43.